The third kappa shape index (κ3) is 1.46. The predicted octanol–water partition coefficient (Wildman–Crippen LogP) is 3.58. The number of likely N-dealkylation sites (tertiary alicyclic amines) is 1. The maximum atomic E-state index is 4.30. The van der Waals surface area contributed by atoms with E-state index in [0.717, 1.165) is 6.54 Å². The van der Waals surface area contributed by atoms with E-state index in [1.165, 1.54) is 43.5 Å². The van der Waals surface area contributed by atoms with E-state index in [9.17, 15) is 0 Å². The van der Waals surface area contributed by atoms with Gasteiger partial charge in [-0.05, 0) is 18.4 Å². The fourth-order valence-electron chi connectivity index (χ4n) is 3.25. The molecule has 1 spiro atoms. The van der Waals surface area contributed by atoms with Crippen LogP contribution in [0, 0.1) is 5.41 Å². The van der Waals surface area contributed by atoms with Crippen LogP contribution in [0.25, 0.3) is 0 Å². The third-order valence-corrected chi connectivity index (χ3v) is 4.26. The van der Waals surface area contributed by atoms with E-state index in [-0.39, 0.29) is 0 Å². The molecule has 1 aliphatic carbocycles. The Kier molecular flexibility index (Phi) is 2.27. The van der Waals surface area contributed by atoms with Crippen LogP contribution in [-0.2, 0) is 6.54 Å². The highest BCUT2D eigenvalue weighted by Crippen LogP contribution is 2.52. The van der Waals surface area contributed by atoms with E-state index >= 15 is 0 Å². The van der Waals surface area contributed by atoms with Crippen LogP contribution < -0.4 is 0 Å². The van der Waals surface area contributed by atoms with Gasteiger partial charge in [0.15, 0.2) is 0 Å². The molecule has 1 aromatic carbocycles. The molecule has 1 nitrogen and oxygen atoms in total. The summed E-state index contributed by atoms with van der Waals surface area (Å²) in [6.07, 6.45) is 5.55. The fraction of sp³-hybridized carbons (Fsp3) is 0.467. The van der Waals surface area contributed by atoms with Gasteiger partial charge in [-0.3, -0.25) is 0 Å². The van der Waals surface area contributed by atoms with Crippen molar-refractivity contribution in [2.75, 3.05) is 6.54 Å². The van der Waals surface area contributed by atoms with Crippen molar-refractivity contribution in [2.24, 2.45) is 5.41 Å². The molecular formula is C15H19N. The first kappa shape index (κ1) is 9.95. The van der Waals surface area contributed by atoms with E-state index in [1.54, 1.807) is 0 Å². The van der Waals surface area contributed by atoms with E-state index in [4.69, 9.17) is 0 Å². The molecule has 1 saturated carbocycles. The smallest absolute Gasteiger partial charge is 0.0426 e. The average molecular weight is 213 g/mol. The molecule has 1 saturated heterocycles. The molecule has 0 amide bonds. The molecule has 84 valence electrons. The third-order valence-electron chi connectivity index (χ3n) is 4.26. The molecule has 1 heteroatoms. The van der Waals surface area contributed by atoms with Crippen molar-refractivity contribution in [2.45, 2.75) is 32.2 Å². The minimum Gasteiger partial charge on any atom is -0.370 e. The standard InChI is InChI=1S/C15H19N/c1-13-15(9-5-6-10-15)12-16(13)11-14-7-3-2-4-8-14/h2-4,7-8H,1,5-6,9-12H2. The number of rotatable bonds is 2. The van der Waals surface area contributed by atoms with Gasteiger partial charge in [0.05, 0.1) is 0 Å². The minimum absolute atomic E-state index is 0.509. The quantitative estimate of drug-likeness (QED) is 0.726. The summed E-state index contributed by atoms with van der Waals surface area (Å²) in [7, 11) is 0. The fourth-order valence-corrected chi connectivity index (χ4v) is 3.25. The molecule has 0 unspecified atom stereocenters. The molecular weight excluding hydrogens is 194 g/mol. The Hall–Kier alpha value is -1.24. The number of benzene rings is 1. The van der Waals surface area contributed by atoms with Gasteiger partial charge in [0, 0.05) is 24.2 Å². The Labute approximate surface area is 97.8 Å². The van der Waals surface area contributed by atoms with E-state index < -0.39 is 0 Å². The summed E-state index contributed by atoms with van der Waals surface area (Å²) in [5, 5.41) is 0. The summed E-state index contributed by atoms with van der Waals surface area (Å²) in [4.78, 5) is 2.45. The normalized spacial score (nSPS) is 22.5. The summed E-state index contributed by atoms with van der Waals surface area (Å²) in [5.41, 5.74) is 3.31. The maximum Gasteiger partial charge on any atom is 0.0426 e. The first-order chi connectivity index (χ1) is 7.80. The minimum atomic E-state index is 0.509. The van der Waals surface area contributed by atoms with Crippen molar-refractivity contribution in [1.29, 1.82) is 0 Å². The molecule has 0 N–H and O–H groups in total. The molecule has 3 rings (SSSR count). The number of nitrogens with zero attached hydrogens (tertiary/aromatic N) is 1. The molecule has 2 fully saturated rings. The van der Waals surface area contributed by atoms with Crippen LogP contribution in [0.1, 0.15) is 31.2 Å². The Balaban J connectivity index is 1.66. The van der Waals surface area contributed by atoms with Crippen LogP contribution in [0.5, 0.6) is 0 Å². The summed E-state index contributed by atoms with van der Waals surface area (Å²) in [5.74, 6) is 0. The van der Waals surface area contributed by atoms with Crippen molar-refractivity contribution >= 4 is 0 Å². The Morgan fingerprint density at radius 3 is 2.44 bits per heavy atom. The molecule has 16 heavy (non-hydrogen) atoms. The van der Waals surface area contributed by atoms with Crippen LogP contribution in [0.4, 0.5) is 0 Å². The van der Waals surface area contributed by atoms with E-state index in [2.05, 4.69) is 41.8 Å². The largest absolute Gasteiger partial charge is 0.370 e. The Morgan fingerprint density at radius 1 is 1.12 bits per heavy atom. The summed E-state index contributed by atoms with van der Waals surface area (Å²) in [6, 6.07) is 10.7. The lowest BCUT2D eigenvalue weighted by molar-refractivity contribution is 0.0735. The summed E-state index contributed by atoms with van der Waals surface area (Å²) < 4.78 is 0. The average Bonchev–Trinajstić information content (AvgIpc) is 2.81. The monoisotopic (exact) mass is 213 g/mol. The SMILES string of the molecule is C=C1N(Cc2ccccc2)CC12CCCC2. The van der Waals surface area contributed by atoms with Gasteiger partial charge in [0.1, 0.15) is 0 Å². The van der Waals surface area contributed by atoms with Crippen LogP contribution in [-0.4, -0.2) is 11.4 Å². The van der Waals surface area contributed by atoms with E-state index in [0.29, 0.717) is 5.41 Å². The van der Waals surface area contributed by atoms with Crippen molar-refractivity contribution in [1.82, 2.24) is 4.90 Å². The van der Waals surface area contributed by atoms with Gasteiger partial charge < -0.3 is 4.90 Å². The van der Waals surface area contributed by atoms with Crippen LogP contribution in [0.2, 0.25) is 0 Å². The zero-order chi connectivity index (χ0) is 11.0. The van der Waals surface area contributed by atoms with Crippen molar-refractivity contribution in [3.8, 4) is 0 Å². The van der Waals surface area contributed by atoms with Crippen molar-refractivity contribution in [3.63, 3.8) is 0 Å². The second kappa shape index (κ2) is 3.65. The molecule has 0 aromatic heterocycles. The maximum absolute atomic E-state index is 4.30. The van der Waals surface area contributed by atoms with Gasteiger partial charge in [0.25, 0.3) is 0 Å². The summed E-state index contributed by atoms with van der Waals surface area (Å²) in [6.45, 7) is 6.58. The molecule has 1 heterocycles. The topological polar surface area (TPSA) is 3.24 Å². The number of hydrogen-bond acceptors (Lipinski definition) is 1. The van der Waals surface area contributed by atoms with Crippen LogP contribution in [0.3, 0.4) is 0 Å². The first-order valence-electron chi connectivity index (χ1n) is 6.28. The van der Waals surface area contributed by atoms with Crippen molar-refractivity contribution < 1.29 is 0 Å². The van der Waals surface area contributed by atoms with Crippen LogP contribution >= 0.6 is 0 Å². The van der Waals surface area contributed by atoms with Gasteiger partial charge in [-0.25, -0.2) is 0 Å². The second-order valence-corrected chi connectivity index (χ2v) is 5.28. The predicted molar refractivity (Wildman–Crippen MR) is 66.9 cm³/mol. The van der Waals surface area contributed by atoms with Gasteiger partial charge >= 0.3 is 0 Å². The molecule has 1 aromatic rings. The zero-order valence-corrected chi connectivity index (χ0v) is 9.78. The molecule has 0 radical (unpaired) electrons. The van der Waals surface area contributed by atoms with Crippen LogP contribution in [0.15, 0.2) is 42.6 Å². The lowest BCUT2D eigenvalue weighted by Gasteiger charge is -2.52. The first-order valence-corrected chi connectivity index (χ1v) is 6.28. The molecule has 2 aliphatic rings. The van der Waals surface area contributed by atoms with Gasteiger partial charge in [-0.2, -0.15) is 0 Å². The van der Waals surface area contributed by atoms with Gasteiger partial charge in [0.2, 0.25) is 0 Å². The molecule has 0 atom stereocenters. The second-order valence-electron chi connectivity index (χ2n) is 5.28. The number of hydrogen-bond donors (Lipinski definition) is 0. The van der Waals surface area contributed by atoms with Gasteiger partial charge in [-0.15, -0.1) is 0 Å². The summed E-state index contributed by atoms with van der Waals surface area (Å²) >= 11 is 0. The highest BCUT2D eigenvalue weighted by molar-refractivity contribution is 5.25. The Bertz CT molecular complexity index is 387. The van der Waals surface area contributed by atoms with E-state index in [1.807, 2.05) is 0 Å². The van der Waals surface area contributed by atoms with Crippen molar-refractivity contribution in [3.05, 3.63) is 48.2 Å². The lowest BCUT2D eigenvalue weighted by Crippen LogP contribution is -2.51. The molecule has 1 aliphatic heterocycles. The van der Waals surface area contributed by atoms with Gasteiger partial charge in [-0.1, -0.05) is 49.8 Å². The highest BCUT2D eigenvalue weighted by atomic mass is 15.2. The lowest BCUT2D eigenvalue weighted by atomic mass is 9.75. The zero-order valence-electron chi connectivity index (χ0n) is 9.78. The highest BCUT2D eigenvalue weighted by Gasteiger charge is 2.47. The Morgan fingerprint density at radius 2 is 1.81 bits per heavy atom. The molecule has 0 bridgehead atoms.